The van der Waals surface area contributed by atoms with Crippen LogP contribution in [0.4, 0.5) is 61.2 Å². The van der Waals surface area contributed by atoms with Crippen molar-refractivity contribution in [2.24, 2.45) is 0 Å². The van der Waals surface area contributed by atoms with Gasteiger partial charge in [0.25, 0.3) is 6.43 Å². The monoisotopic (exact) mass is 1870 g/mol. The summed E-state index contributed by atoms with van der Waals surface area (Å²) in [7, 11) is 0. The number of fused-ring (bicyclic) bond motifs is 5. The Morgan fingerprint density at radius 1 is 0.400 bits per heavy atom. The number of alkyl halides is 2. The lowest BCUT2D eigenvalue weighted by Gasteiger charge is -2.27. The number of hydrogen-bond donors (Lipinski definition) is 11. The number of thiophene rings is 1. The average Bonchev–Trinajstić information content (AvgIpc) is 1.68. The first kappa shape index (κ1) is 86.5. The van der Waals surface area contributed by atoms with Crippen LogP contribution in [0.3, 0.4) is 0 Å². The van der Waals surface area contributed by atoms with Crippen molar-refractivity contribution in [1.82, 2.24) is 95.4 Å². The highest BCUT2D eigenvalue weighted by Crippen LogP contribution is 2.38. The van der Waals surface area contributed by atoms with Crippen LogP contribution in [0.15, 0.2) is 172 Å². The number of aromatic nitrogens is 14. The maximum atomic E-state index is 12.8. The van der Waals surface area contributed by atoms with Gasteiger partial charge in [0.05, 0.1) is 60.1 Å². The van der Waals surface area contributed by atoms with Crippen LogP contribution in [-0.2, 0) is 71.4 Å². The van der Waals surface area contributed by atoms with Gasteiger partial charge < -0.3 is 56.2 Å². The number of nitrogens with one attached hydrogen (secondary N) is 10. The van der Waals surface area contributed by atoms with Gasteiger partial charge in [0.2, 0.25) is 0 Å². The molecule has 11 N–H and O–H groups in total. The van der Waals surface area contributed by atoms with E-state index in [1.165, 1.54) is 34.0 Å². The highest BCUT2D eigenvalue weighted by Gasteiger charge is 2.33. The zero-order chi connectivity index (χ0) is 86.6. The van der Waals surface area contributed by atoms with Crippen molar-refractivity contribution in [3.05, 3.63) is 264 Å². The number of thiazole rings is 4. The maximum absolute atomic E-state index is 12.8. The van der Waals surface area contributed by atoms with Gasteiger partial charge in [-0.25, -0.2) is 47.7 Å². The second kappa shape index (κ2) is 39.9. The SMILES string of the molecule is O=C(Nc1cccc(Cl)c1)N1CCc2[nH]nc(-c3cccs3)c2C1.O=C(Nc1cccc(Cl)c1)N1CCc2[nH]nc(-c3cncs3)c2C1.O=C(Nc1cccc(Cl)c1)N1CCc2[nH]nc(-c3csc(C(F)F)n3)c2C1.O=C(Nc1cccc(Cl)c1)N1CCc2[nH]nc(-c3csc(CO)n3)c2C1.O=C(Nc1cccc(Cl)c1)N1CCc2[nH]nc(-c3cscn3)c2C1. The largest absolute Gasteiger partial charge is 0.389 e. The van der Waals surface area contributed by atoms with Crippen molar-refractivity contribution >= 4 is 173 Å². The molecule has 10 aromatic heterocycles. The zero-order valence-electron chi connectivity index (χ0n) is 65.6. The molecule has 30 nitrogen and oxygen atoms in total. The number of amides is 10. The van der Waals surface area contributed by atoms with Crippen molar-refractivity contribution in [3.63, 3.8) is 0 Å². The minimum atomic E-state index is -2.61. The Hall–Kier alpha value is -12.0. The summed E-state index contributed by atoms with van der Waals surface area (Å²) in [6.07, 6.45) is 2.75. The molecule has 0 unspecified atom stereocenters. The van der Waals surface area contributed by atoms with Crippen molar-refractivity contribution in [2.75, 3.05) is 59.3 Å². The number of rotatable bonds is 12. The molecule has 10 amide bonds. The summed E-state index contributed by atoms with van der Waals surface area (Å²) in [4.78, 5) is 90.4. The van der Waals surface area contributed by atoms with E-state index in [9.17, 15) is 37.9 Å². The van der Waals surface area contributed by atoms with Crippen LogP contribution in [0.5, 0.6) is 0 Å². The number of halogens is 7. The number of aromatic amines is 5. The number of anilines is 5. The molecule has 0 atom stereocenters. The molecular weight excluding hydrogens is 1800 g/mol. The summed E-state index contributed by atoms with van der Waals surface area (Å²) in [5, 5.41) is 71.3. The first-order chi connectivity index (χ1) is 60.8. The Bertz CT molecular complexity index is 5970. The van der Waals surface area contributed by atoms with E-state index in [-0.39, 0.29) is 41.8 Å². The van der Waals surface area contributed by atoms with E-state index in [0.717, 1.165) is 125 Å². The predicted molar refractivity (Wildman–Crippen MR) is 484 cm³/mol. The summed E-state index contributed by atoms with van der Waals surface area (Å²) in [6, 6.07) is 38.6. The van der Waals surface area contributed by atoms with Crippen LogP contribution in [0, 0.1) is 0 Å². The van der Waals surface area contributed by atoms with Crippen molar-refractivity contribution in [3.8, 4) is 55.3 Å². The van der Waals surface area contributed by atoms with Gasteiger partial charge in [-0.3, -0.25) is 30.5 Å². The van der Waals surface area contributed by atoms with Gasteiger partial charge in [-0.1, -0.05) is 94.4 Å². The van der Waals surface area contributed by atoms with Gasteiger partial charge in [0.1, 0.15) is 50.6 Å². The average molecular weight is 1880 g/mol. The number of H-pyrrole nitrogens is 5. The number of aliphatic hydroxyl groups excluding tert-OH is 1. The Morgan fingerprint density at radius 3 is 1.05 bits per heavy atom. The van der Waals surface area contributed by atoms with Crippen LogP contribution < -0.4 is 26.6 Å². The van der Waals surface area contributed by atoms with Crippen LogP contribution in [-0.4, -0.2) is 163 Å². The third-order valence-corrected chi connectivity index (χ3v) is 25.6. The fourth-order valence-corrected chi connectivity index (χ4v) is 18.4. The zero-order valence-corrected chi connectivity index (χ0v) is 73.4. The highest BCUT2D eigenvalue weighted by atomic mass is 35.5. The van der Waals surface area contributed by atoms with Crippen LogP contribution in [0.2, 0.25) is 25.1 Å². The number of nitrogens with zero attached hydrogens (tertiary/aromatic N) is 14. The number of urea groups is 5. The maximum Gasteiger partial charge on any atom is 0.322 e. The van der Waals surface area contributed by atoms with Gasteiger partial charge >= 0.3 is 30.2 Å². The number of aliphatic hydroxyl groups is 1. The third-order valence-electron chi connectivity index (χ3n) is 20.5. The van der Waals surface area contributed by atoms with E-state index in [1.807, 2.05) is 64.7 Å². The minimum absolute atomic E-state index is 0.0918. The van der Waals surface area contributed by atoms with Crippen molar-refractivity contribution < 1.29 is 37.9 Å². The summed E-state index contributed by atoms with van der Waals surface area (Å²) in [6.45, 7) is 5.29. The summed E-state index contributed by atoms with van der Waals surface area (Å²) >= 11 is 36.8. The quantitative estimate of drug-likeness (QED) is 0.0541. The van der Waals surface area contributed by atoms with Gasteiger partial charge in [-0.2, -0.15) is 25.5 Å². The number of carbonyl (C=O) groups excluding carboxylic acids is 5. The summed E-state index contributed by atoms with van der Waals surface area (Å²) in [5.74, 6) is 0. The molecule has 42 heteroatoms. The van der Waals surface area contributed by atoms with E-state index in [0.29, 0.717) is 154 Å². The highest BCUT2D eigenvalue weighted by molar-refractivity contribution is 7.13. The van der Waals surface area contributed by atoms with Gasteiger partial charge in [-0.05, 0) is 102 Å². The molecule has 0 bridgehead atoms. The molecule has 15 aromatic rings. The molecule has 20 rings (SSSR count). The Labute approximate surface area is 756 Å². The molecule has 125 heavy (non-hydrogen) atoms. The fraction of sp³-hybridized carbons (Fsp3) is 0.205. The first-order valence-electron chi connectivity index (χ1n) is 38.8. The molecule has 0 radical (unpaired) electrons. The normalized spacial score (nSPS) is 13.6. The molecule has 0 spiro atoms. The molecule has 640 valence electrons. The Balaban J connectivity index is 0.000000115. The molecule has 0 fully saturated rings. The second-order valence-corrected chi connectivity index (χ2v) is 35.1. The molecule has 0 aliphatic carbocycles. The predicted octanol–water partition coefficient (Wildman–Crippen LogP) is 19.9. The first-order valence-corrected chi connectivity index (χ1v) is 45.1. The standard InChI is InChI=1S/C17H14ClF2N5OS.C17H16ClN5O2S.C17H15ClN4OS.2C16H14ClN5OS/c18-9-2-1-3-10(6-9)21-17(26)25-5-4-12-11(7-25)14(24-23-12)13-8-27-16(22-13)15(19)20;18-10-2-1-3-11(6-10)19-17(25)23-5-4-13-12(7-23)16(22-21-13)14-9-26-15(8-24)20-14;18-11-3-1-4-12(9-11)19-17(23)22-7-6-14-13(10-22)16(21-20-14)15-5-2-8-24-15;17-10-2-1-3-11(6-10)19-16(23)22-5-4-13-12(8-22)15(21-20-13)14-7-18-9-24-14;17-10-2-1-3-11(6-10)19-16(23)22-5-4-13-12(7-22)15(21-20-13)14-8-24-9-18-14/h1-3,6,8,15H,4-5,7H2,(H,21,26)(H,23,24);1-3,6,9,24H,4-5,7-8H2,(H,19,25)(H,21,22);1-5,8-9H,6-7,10H2,(H,19,23)(H,20,21);1-3,6-7,9H,4-5,8H2,(H,19,23)(H,20,21);1-3,6,8-9H,4-5,7H2,(H,19,23)(H,20,21). The van der Waals surface area contributed by atoms with Crippen LogP contribution in [0.25, 0.3) is 55.3 Å². The Morgan fingerprint density at radius 2 is 0.744 bits per heavy atom. The van der Waals surface area contributed by atoms with E-state index < -0.39 is 6.43 Å². The smallest absolute Gasteiger partial charge is 0.322 e. The van der Waals surface area contributed by atoms with Crippen LogP contribution >= 0.6 is 115 Å². The summed E-state index contributed by atoms with van der Waals surface area (Å²) < 4.78 is 25.6. The Kier molecular flexibility index (Phi) is 27.6. The van der Waals surface area contributed by atoms with E-state index in [1.54, 1.807) is 143 Å². The molecule has 5 aliphatic heterocycles. The number of hydrogen-bond acceptors (Lipinski definition) is 20. The van der Waals surface area contributed by atoms with Gasteiger partial charge in [-0.15, -0.1) is 56.7 Å². The minimum Gasteiger partial charge on any atom is -0.389 e. The van der Waals surface area contributed by atoms with E-state index in [4.69, 9.17) is 58.0 Å². The molecule has 0 saturated carbocycles. The fourth-order valence-electron chi connectivity index (χ4n) is 14.3. The van der Waals surface area contributed by atoms with Crippen molar-refractivity contribution in [1.29, 1.82) is 0 Å². The van der Waals surface area contributed by atoms with Gasteiger partial charge in [0.15, 0.2) is 5.01 Å². The lowest BCUT2D eigenvalue weighted by atomic mass is 10.0. The molecule has 0 saturated heterocycles. The van der Waals surface area contributed by atoms with E-state index >= 15 is 0 Å². The molecule has 5 aromatic carbocycles. The lowest BCUT2D eigenvalue weighted by Crippen LogP contribution is -2.38. The number of benzene rings is 5. The number of carbonyl (C=O) groups is 5. The van der Waals surface area contributed by atoms with Crippen LogP contribution in [0.1, 0.15) is 72.7 Å². The molecule has 15 heterocycles. The van der Waals surface area contributed by atoms with E-state index in [2.05, 4.69) is 97.5 Å². The molecule has 5 aliphatic rings. The topological polar surface area (TPSA) is 377 Å². The molecular formula is C83H73Cl5F2N24O6S5. The second-order valence-electron chi connectivity index (χ2n) is 28.6. The van der Waals surface area contributed by atoms with Crippen molar-refractivity contribution in [2.45, 2.75) is 77.9 Å². The third kappa shape index (κ3) is 21.2. The van der Waals surface area contributed by atoms with Gasteiger partial charge in [0, 0.05) is 197 Å². The summed E-state index contributed by atoms with van der Waals surface area (Å²) in [5.41, 5.74) is 22.9. The lowest BCUT2D eigenvalue weighted by molar-refractivity contribution is 0.151.